The van der Waals surface area contributed by atoms with E-state index in [2.05, 4.69) is 10.0 Å². The lowest BCUT2D eigenvalue weighted by Crippen LogP contribution is -2.51. The second kappa shape index (κ2) is 8.85. The van der Waals surface area contributed by atoms with E-state index in [1.807, 2.05) is 6.92 Å². The van der Waals surface area contributed by atoms with Gasteiger partial charge in [0.25, 0.3) is 15.9 Å². The molecule has 2 aromatic rings. The maximum absolute atomic E-state index is 13.3. The summed E-state index contributed by atoms with van der Waals surface area (Å²) in [4.78, 5) is 13.9. The number of nitrogens with zero attached hydrogens (tertiary/aromatic N) is 1. The molecule has 1 saturated heterocycles. The standard InChI is InChI=1S/C18H19F2N3O3S.ClH/c1-12-11-23(9-8-21-12)18(24)13-2-4-14(5-3-13)22-27(25,26)15-6-7-16(19)17(20)10-15;/h2-7,10,12,21-22H,8-9,11H2,1H3;1H. The molecule has 1 unspecified atom stereocenters. The van der Waals surface area contributed by atoms with Crippen LogP contribution in [0.3, 0.4) is 0 Å². The number of rotatable bonds is 4. The third kappa shape index (κ3) is 4.98. The van der Waals surface area contributed by atoms with Gasteiger partial charge in [0.05, 0.1) is 4.90 Å². The van der Waals surface area contributed by atoms with Crippen LogP contribution in [-0.4, -0.2) is 44.9 Å². The van der Waals surface area contributed by atoms with Crippen LogP contribution in [0.4, 0.5) is 14.5 Å². The van der Waals surface area contributed by atoms with E-state index in [-0.39, 0.29) is 30.0 Å². The lowest BCUT2D eigenvalue weighted by Gasteiger charge is -2.32. The summed E-state index contributed by atoms with van der Waals surface area (Å²) in [6.07, 6.45) is 0. The van der Waals surface area contributed by atoms with E-state index in [0.29, 0.717) is 24.7 Å². The number of benzene rings is 2. The quantitative estimate of drug-likeness (QED) is 0.780. The van der Waals surface area contributed by atoms with E-state index in [0.717, 1.165) is 18.7 Å². The Balaban J connectivity index is 0.00000280. The first-order valence-corrected chi connectivity index (χ1v) is 9.85. The SMILES string of the molecule is CC1CN(C(=O)c2ccc(NS(=O)(=O)c3ccc(F)c(F)c3)cc2)CCN1.Cl. The molecule has 2 aromatic carbocycles. The molecule has 28 heavy (non-hydrogen) atoms. The highest BCUT2D eigenvalue weighted by atomic mass is 35.5. The van der Waals surface area contributed by atoms with Crippen LogP contribution >= 0.6 is 12.4 Å². The van der Waals surface area contributed by atoms with Gasteiger partial charge in [-0.25, -0.2) is 17.2 Å². The number of halogens is 3. The highest BCUT2D eigenvalue weighted by molar-refractivity contribution is 7.92. The first-order chi connectivity index (χ1) is 12.8. The van der Waals surface area contributed by atoms with Gasteiger partial charge in [-0.2, -0.15) is 0 Å². The van der Waals surface area contributed by atoms with Crippen molar-refractivity contribution in [1.29, 1.82) is 0 Å². The summed E-state index contributed by atoms with van der Waals surface area (Å²) >= 11 is 0. The lowest BCUT2D eigenvalue weighted by atomic mass is 10.1. The second-order valence-electron chi connectivity index (χ2n) is 6.37. The first kappa shape index (κ1) is 22.1. The zero-order valence-electron chi connectivity index (χ0n) is 15.0. The third-order valence-corrected chi connectivity index (χ3v) is 5.62. The van der Waals surface area contributed by atoms with Gasteiger partial charge in [-0.1, -0.05) is 0 Å². The fraction of sp³-hybridized carbons (Fsp3) is 0.278. The van der Waals surface area contributed by atoms with Gasteiger partial charge in [-0.3, -0.25) is 9.52 Å². The maximum Gasteiger partial charge on any atom is 0.261 e. The fourth-order valence-corrected chi connectivity index (χ4v) is 3.91. The highest BCUT2D eigenvalue weighted by Gasteiger charge is 2.22. The summed E-state index contributed by atoms with van der Waals surface area (Å²) < 4.78 is 53.1. The Bertz CT molecular complexity index is 955. The molecular formula is C18H20ClF2N3O3S. The van der Waals surface area contributed by atoms with Crippen molar-refractivity contribution in [3.8, 4) is 0 Å². The third-order valence-electron chi connectivity index (χ3n) is 4.24. The zero-order valence-corrected chi connectivity index (χ0v) is 16.6. The smallest absolute Gasteiger partial charge is 0.261 e. The Kier molecular flexibility index (Phi) is 6.97. The molecule has 0 aliphatic carbocycles. The van der Waals surface area contributed by atoms with Crippen LogP contribution in [-0.2, 0) is 10.0 Å². The van der Waals surface area contributed by atoms with E-state index in [1.165, 1.54) is 24.3 Å². The van der Waals surface area contributed by atoms with Crippen molar-refractivity contribution in [3.63, 3.8) is 0 Å². The number of amides is 1. The molecule has 1 heterocycles. The Morgan fingerprint density at radius 2 is 1.82 bits per heavy atom. The van der Waals surface area contributed by atoms with Gasteiger partial charge < -0.3 is 10.2 Å². The zero-order chi connectivity index (χ0) is 19.6. The minimum Gasteiger partial charge on any atom is -0.336 e. The molecule has 2 N–H and O–H groups in total. The van der Waals surface area contributed by atoms with E-state index >= 15 is 0 Å². The molecule has 10 heteroatoms. The minimum absolute atomic E-state index is 0. The number of sulfonamides is 1. The molecule has 1 aliphatic heterocycles. The largest absolute Gasteiger partial charge is 0.336 e. The molecule has 152 valence electrons. The average Bonchev–Trinajstić information content (AvgIpc) is 2.63. The van der Waals surface area contributed by atoms with Crippen molar-refractivity contribution >= 4 is 34.0 Å². The lowest BCUT2D eigenvalue weighted by molar-refractivity contribution is 0.0709. The van der Waals surface area contributed by atoms with Crippen LogP contribution < -0.4 is 10.0 Å². The molecule has 1 atom stereocenters. The molecule has 1 aliphatic rings. The van der Waals surface area contributed by atoms with Crippen LogP contribution in [0.15, 0.2) is 47.4 Å². The number of carbonyl (C=O) groups excluding carboxylic acids is 1. The molecule has 0 bridgehead atoms. The topological polar surface area (TPSA) is 78.5 Å². The van der Waals surface area contributed by atoms with Gasteiger partial charge in [0.1, 0.15) is 0 Å². The predicted octanol–water partition coefficient (Wildman–Crippen LogP) is 2.62. The van der Waals surface area contributed by atoms with Crippen molar-refractivity contribution in [2.45, 2.75) is 17.9 Å². The number of nitrogens with one attached hydrogen (secondary N) is 2. The van der Waals surface area contributed by atoms with Crippen molar-refractivity contribution in [1.82, 2.24) is 10.2 Å². The Labute approximate surface area is 168 Å². The number of piperazine rings is 1. The van der Waals surface area contributed by atoms with Crippen molar-refractivity contribution < 1.29 is 22.0 Å². The highest BCUT2D eigenvalue weighted by Crippen LogP contribution is 2.19. The first-order valence-electron chi connectivity index (χ1n) is 8.37. The molecule has 0 radical (unpaired) electrons. The van der Waals surface area contributed by atoms with Crippen LogP contribution in [0.2, 0.25) is 0 Å². The van der Waals surface area contributed by atoms with Gasteiger partial charge in [-0.05, 0) is 49.4 Å². The van der Waals surface area contributed by atoms with Gasteiger partial charge in [-0.15, -0.1) is 12.4 Å². The van der Waals surface area contributed by atoms with Crippen molar-refractivity contribution in [2.24, 2.45) is 0 Å². The van der Waals surface area contributed by atoms with E-state index in [1.54, 1.807) is 4.90 Å². The Morgan fingerprint density at radius 3 is 2.43 bits per heavy atom. The fourth-order valence-electron chi connectivity index (χ4n) is 2.84. The van der Waals surface area contributed by atoms with Crippen LogP contribution in [0.25, 0.3) is 0 Å². The second-order valence-corrected chi connectivity index (χ2v) is 8.05. The monoisotopic (exact) mass is 431 g/mol. The molecule has 1 amide bonds. The van der Waals surface area contributed by atoms with Crippen LogP contribution in [0.1, 0.15) is 17.3 Å². The average molecular weight is 432 g/mol. The molecule has 6 nitrogen and oxygen atoms in total. The van der Waals surface area contributed by atoms with Gasteiger partial charge in [0.2, 0.25) is 0 Å². The molecule has 3 rings (SSSR count). The molecule has 1 fully saturated rings. The summed E-state index contributed by atoms with van der Waals surface area (Å²) in [5.41, 5.74) is 0.657. The summed E-state index contributed by atoms with van der Waals surface area (Å²) in [5, 5.41) is 3.26. The van der Waals surface area contributed by atoms with E-state index in [4.69, 9.17) is 0 Å². The van der Waals surface area contributed by atoms with Gasteiger partial charge in [0, 0.05) is 36.9 Å². The summed E-state index contributed by atoms with van der Waals surface area (Å²) in [6.45, 7) is 3.92. The van der Waals surface area contributed by atoms with E-state index < -0.39 is 26.6 Å². The van der Waals surface area contributed by atoms with Crippen molar-refractivity contribution in [2.75, 3.05) is 24.4 Å². The maximum atomic E-state index is 13.3. The Hall–Kier alpha value is -2.23. The normalized spacial score (nSPS) is 17.0. The number of carbonyl (C=O) groups is 1. The van der Waals surface area contributed by atoms with E-state index in [9.17, 15) is 22.0 Å². The van der Waals surface area contributed by atoms with Crippen LogP contribution in [0.5, 0.6) is 0 Å². The summed E-state index contributed by atoms with van der Waals surface area (Å²) in [7, 11) is -4.07. The summed E-state index contributed by atoms with van der Waals surface area (Å²) in [5.74, 6) is -2.50. The molecule has 0 aromatic heterocycles. The molecule has 0 saturated carbocycles. The summed E-state index contributed by atoms with van der Waals surface area (Å²) in [6, 6.07) is 8.51. The molecular weight excluding hydrogens is 412 g/mol. The number of hydrogen-bond donors (Lipinski definition) is 2. The van der Waals surface area contributed by atoms with Gasteiger partial charge >= 0.3 is 0 Å². The minimum atomic E-state index is -4.07. The predicted molar refractivity (Wildman–Crippen MR) is 104 cm³/mol. The number of anilines is 1. The molecule has 0 spiro atoms. The van der Waals surface area contributed by atoms with Gasteiger partial charge in [0.15, 0.2) is 11.6 Å². The Morgan fingerprint density at radius 1 is 1.14 bits per heavy atom. The number of hydrogen-bond acceptors (Lipinski definition) is 4. The van der Waals surface area contributed by atoms with Crippen molar-refractivity contribution in [3.05, 3.63) is 59.7 Å². The van der Waals surface area contributed by atoms with Crippen LogP contribution in [0, 0.1) is 11.6 Å².